The minimum absolute atomic E-state index is 0.369. The lowest BCUT2D eigenvalue weighted by Gasteiger charge is -2.24. The lowest BCUT2D eigenvalue weighted by Crippen LogP contribution is -2.42. The second-order valence-electron chi connectivity index (χ2n) is 4.85. The van der Waals surface area contributed by atoms with Crippen molar-refractivity contribution in [1.82, 2.24) is 5.32 Å². The predicted molar refractivity (Wildman–Crippen MR) is 49.1 cm³/mol. The van der Waals surface area contributed by atoms with Gasteiger partial charge in [-0.15, -0.1) is 0 Å². The first-order valence-corrected chi connectivity index (χ1v) is 5.09. The van der Waals surface area contributed by atoms with Crippen LogP contribution in [-0.2, 0) is 0 Å². The molecular weight excluding hydrogens is 150 g/mol. The van der Waals surface area contributed by atoms with Gasteiger partial charge in [0.25, 0.3) is 0 Å². The summed E-state index contributed by atoms with van der Waals surface area (Å²) in [5, 5.41) is 13.5. The molecule has 2 aliphatic rings. The van der Waals surface area contributed by atoms with Gasteiger partial charge in [0.1, 0.15) is 0 Å². The molecule has 0 saturated heterocycles. The fourth-order valence-electron chi connectivity index (χ4n) is 1.95. The molecular formula is C10H19NO. The largest absolute Gasteiger partial charge is 0.389 e. The molecule has 0 amide bonds. The Hall–Kier alpha value is -0.0800. The van der Waals surface area contributed by atoms with Crippen molar-refractivity contribution in [2.45, 2.75) is 56.6 Å². The second kappa shape index (κ2) is 2.71. The summed E-state index contributed by atoms with van der Waals surface area (Å²) in [5.41, 5.74) is 0.00389. The van der Waals surface area contributed by atoms with Gasteiger partial charge < -0.3 is 10.4 Å². The number of hydrogen-bond acceptors (Lipinski definition) is 2. The Labute approximate surface area is 74.4 Å². The molecule has 0 heterocycles. The highest BCUT2D eigenvalue weighted by atomic mass is 16.3. The first-order chi connectivity index (χ1) is 5.62. The Bertz CT molecular complexity index is 169. The van der Waals surface area contributed by atoms with E-state index < -0.39 is 0 Å². The van der Waals surface area contributed by atoms with Crippen LogP contribution >= 0.6 is 0 Å². The lowest BCUT2D eigenvalue weighted by molar-refractivity contribution is 0.0444. The fourth-order valence-corrected chi connectivity index (χ4v) is 1.95. The number of rotatable bonds is 3. The van der Waals surface area contributed by atoms with Crippen LogP contribution in [0, 0.1) is 0 Å². The van der Waals surface area contributed by atoms with Gasteiger partial charge in [0.15, 0.2) is 0 Å². The van der Waals surface area contributed by atoms with Crippen molar-refractivity contribution in [1.29, 1.82) is 0 Å². The zero-order valence-electron chi connectivity index (χ0n) is 7.90. The maximum absolute atomic E-state index is 10.0. The molecule has 2 N–H and O–H groups in total. The minimum atomic E-state index is -0.369. The predicted octanol–water partition coefficient (Wildman–Crippen LogP) is 1.43. The average molecular weight is 169 g/mol. The first kappa shape index (κ1) is 8.52. The monoisotopic (exact) mass is 169 g/mol. The molecule has 2 aliphatic carbocycles. The minimum Gasteiger partial charge on any atom is -0.389 e. The fraction of sp³-hybridized carbons (Fsp3) is 1.00. The Morgan fingerprint density at radius 2 is 1.75 bits per heavy atom. The highest BCUT2D eigenvalue weighted by Crippen LogP contribution is 2.36. The van der Waals surface area contributed by atoms with Crippen molar-refractivity contribution in [3.05, 3.63) is 0 Å². The van der Waals surface area contributed by atoms with E-state index in [1.165, 1.54) is 25.7 Å². The van der Waals surface area contributed by atoms with Crippen LogP contribution in [0.1, 0.15) is 45.4 Å². The van der Waals surface area contributed by atoms with Gasteiger partial charge in [-0.05, 0) is 32.6 Å². The topological polar surface area (TPSA) is 32.3 Å². The first-order valence-electron chi connectivity index (χ1n) is 5.09. The van der Waals surface area contributed by atoms with Crippen molar-refractivity contribution in [3.8, 4) is 0 Å². The quantitative estimate of drug-likeness (QED) is 0.670. The molecule has 0 spiro atoms. The zero-order valence-corrected chi connectivity index (χ0v) is 7.90. The van der Waals surface area contributed by atoms with Gasteiger partial charge in [0.2, 0.25) is 0 Å². The number of nitrogens with one attached hydrogen (secondary N) is 1. The van der Waals surface area contributed by atoms with Crippen LogP contribution in [0.2, 0.25) is 0 Å². The molecule has 0 bridgehead atoms. The van der Waals surface area contributed by atoms with Crippen LogP contribution in [0.4, 0.5) is 0 Å². The third-order valence-corrected chi connectivity index (χ3v) is 3.38. The summed E-state index contributed by atoms with van der Waals surface area (Å²) < 4.78 is 0. The Morgan fingerprint density at radius 1 is 1.17 bits per heavy atom. The molecule has 12 heavy (non-hydrogen) atoms. The Morgan fingerprint density at radius 3 is 2.25 bits per heavy atom. The molecule has 0 aromatic carbocycles. The van der Waals surface area contributed by atoms with Crippen LogP contribution in [0.25, 0.3) is 0 Å². The third kappa shape index (κ3) is 1.80. The SMILES string of the molecule is CC1(NCC2(O)CCCC2)CC1. The van der Waals surface area contributed by atoms with Gasteiger partial charge in [-0.1, -0.05) is 12.8 Å². The molecule has 0 aromatic rings. The van der Waals surface area contributed by atoms with Crippen molar-refractivity contribution >= 4 is 0 Å². The van der Waals surface area contributed by atoms with E-state index in [2.05, 4.69) is 12.2 Å². The molecule has 0 radical (unpaired) electrons. The Balaban J connectivity index is 1.78. The summed E-state index contributed by atoms with van der Waals surface area (Å²) >= 11 is 0. The van der Waals surface area contributed by atoms with Crippen LogP contribution in [0.5, 0.6) is 0 Å². The highest BCUT2D eigenvalue weighted by Gasteiger charge is 2.40. The summed E-state index contributed by atoms with van der Waals surface area (Å²) in [5.74, 6) is 0. The molecule has 2 heteroatoms. The van der Waals surface area contributed by atoms with Crippen LogP contribution in [0.3, 0.4) is 0 Å². The van der Waals surface area contributed by atoms with Gasteiger partial charge in [-0.25, -0.2) is 0 Å². The van der Waals surface area contributed by atoms with Gasteiger partial charge in [-0.2, -0.15) is 0 Å². The molecule has 0 aromatic heterocycles. The van der Waals surface area contributed by atoms with E-state index >= 15 is 0 Å². The van der Waals surface area contributed by atoms with Gasteiger partial charge >= 0.3 is 0 Å². The van der Waals surface area contributed by atoms with E-state index in [-0.39, 0.29) is 5.60 Å². The maximum Gasteiger partial charge on any atom is 0.0771 e. The standard InChI is InChI=1S/C10H19NO/c1-9(6-7-9)11-8-10(12)4-2-3-5-10/h11-12H,2-8H2,1H3. The molecule has 2 rings (SSSR count). The smallest absolute Gasteiger partial charge is 0.0771 e. The summed E-state index contributed by atoms with van der Waals surface area (Å²) in [6, 6.07) is 0. The molecule has 70 valence electrons. The van der Waals surface area contributed by atoms with Crippen LogP contribution in [-0.4, -0.2) is 22.8 Å². The summed E-state index contributed by atoms with van der Waals surface area (Å²) in [6.07, 6.45) is 6.96. The molecule has 0 aliphatic heterocycles. The van der Waals surface area contributed by atoms with Gasteiger partial charge in [0, 0.05) is 12.1 Å². The number of hydrogen-bond donors (Lipinski definition) is 2. The van der Waals surface area contributed by atoms with E-state index in [4.69, 9.17) is 0 Å². The van der Waals surface area contributed by atoms with Crippen molar-refractivity contribution in [2.24, 2.45) is 0 Å². The summed E-state index contributed by atoms with van der Waals surface area (Å²) in [4.78, 5) is 0. The number of β-amino-alcohol motifs (C(OH)–C–C–N with tert-alkyl or cyclic N) is 1. The van der Waals surface area contributed by atoms with E-state index in [0.717, 1.165) is 19.4 Å². The van der Waals surface area contributed by atoms with E-state index in [1.54, 1.807) is 0 Å². The average Bonchev–Trinajstić information content (AvgIpc) is 2.60. The molecule has 2 saturated carbocycles. The normalized spacial score (nSPS) is 30.5. The van der Waals surface area contributed by atoms with Crippen LogP contribution in [0.15, 0.2) is 0 Å². The number of aliphatic hydroxyl groups is 1. The second-order valence-corrected chi connectivity index (χ2v) is 4.85. The van der Waals surface area contributed by atoms with Crippen molar-refractivity contribution < 1.29 is 5.11 Å². The highest BCUT2D eigenvalue weighted by molar-refractivity contribution is 5.00. The van der Waals surface area contributed by atoms with Crippen molar-refractivity contribution in [2.75, 3.05) is 6.54 Å². The van der Waals surface area contributed by atoms with Crippen LogP contribution < -0.4 is 5.32 Å². The summed E-state index contributed by atoms with van der Waals surface area (Å²) in [6.45, 7) is 3.05. The molecule has 0 unspecified atom stereocenters. The molecule has 2 nitrogen and oxygen atoms in total. The Kier molecular flexibility index (Phi) is 1.92. The maximum atomic E-state index is 10.0. The molecule has 2 fully saturated rings. The van der Waals surface area contributed by atoms with Gasteiger partial charge in [-0.3, -0.25) is 0 Å². The molecule has 0 atom stereocenters. The van der Waals surface area contributed by atoms with E-state index in [0.29, 0.717) is 5.54 Å². The van der Waals surface area contributed by atoms with E-state index in [9.17, 15) is 5.11 Å². The third-order valence-electron chi connectivity index (χ3n) is 3.38. The lowest BCUT2D eigenvalue weighted by atomic mass is 10.0. The summed E-state index contributed by atoms with van der Waals surface area (Å²) in [7, 11) is 0. The zero-order chi connectivity index (χ0) is 8.66. The van der Waals surface area contributed by atoms with Gasteiger partial charge in [0.05, 0.1) is 5.60 Å². The van der Waals surface area contributed by atoms with E-state index in [1.807, 2.05) is 0 Å². The van der Waals surface area contributed by atoms with Crippen molar-refractivity contribution in [3.63, 3.8) is 0 Å².